The first-order chi connectivity index (χ1) is 9.89. The molecular weight excluding hydrogens is 296 g/mol. The predicted molar refractivity (Wildman–Crippen MR) is 77.5 cm³/mol. The van der Waals surface area contributed by atoms with Crippen LogP contribution in [0.2, 0.25) is 0 Å². The van der Waals surface area contributed by atoms with Crippen LogP contribution in [0.1, 0.15) is 6.92 Å². The van der Waals surface area contributed by atoms with Gasteiger partial charge in [-0.2, -0.15) is 5.10 Å². The molecule has 0 aromatic carbocycles. The maximum Gasteiger partial charge on any atom is 0.211 e. The number of nitrogens with one attached hydrogen (secondary N) is 1. The molecule has 1 aromatic heterocycles. The molecule has 8 nitrogen and oxygen atoms in total. The second-order valence-electron chi connectivity index (χ2n) is 5.13. The number of sulfonamides is 1. The molecule has 0 unspecified atom stereocenters. The molecule has 2 rings (SSSR count). The average molecular weight is 318 g/mol. The number of likely N-dealkylation sites (tertiary alicyclic amines) is 1. The van der Waals surface area contributed by atoms with Crippen LogP contribution in [0.5, 0.6) is 5.75 Å². The fourth-order valence-corrected chi connectivity index (χ4v) is 2.83. The molecule has 0 saturated carbocycles. The van der Waals surface area contributed by atoms with Gasteiger partial charge in [-0.1, -0.05) is 0 Å². The molecule has 2 N–H and O–H groups in total. The number of aromatic nitrogens is 2. The third kappa shape index (κ3) is 4.67. The maximum absolute atomic E-state index is 11.3. The number of rotatable bonds is 7. The Bertz CT molecular complexity index is 559. The van der Waals surface area contributed by atoms with Gasteiger partial charge in [-0.05, 0) is 6.92 Å². The highest BCUT2D eigenvalue weighted by atomic mass is 32.2. The van der Waals surface area contributed by atoms with E-state index in [-0.39, 0.29) is 11.9 Å². The molecule has 0 spiro atoms. The summed E-state index contributed by atoms with van der Waals surface area (Å²) in [4.78, 5) is 1.98. The summed E-state index contributed by atoms with van der Waals surface area (Å²) in [6.07, 6.45) is 2.43. The van der Waals surface area contributed by atoms with Crippen LogP contribution in [-0.4, -0.2) is 72.3 Å². The van der Waals surface area contributed by atoms with Crippen molar-refractivity contribution in [2.24, 2.45) is 7.05 Å². The van der Waals surface area contributed by atoms with Gasteiger partial charge in [0.15, 0.2) is 5.75 Å². The van der Waals surface area contributed by atoms with E-state index in [9.17, 15) is 13.5 Å². The number of aryl methyl sites for hydroxylation is 1. The summed E-state index contributed by atoms with van der Waals surface area (Å²) in [5, 5.41) is 14.0. The van der Waals surface area contributed by atoms with Gasteiger partial charge in [0.2, 0.25) is 10.0 Å². The molecule has 2 heterocycles. The lowest BCUT2D eigenvalue weighted by Gasteiger charge is -2.16. The van der Waals surface area contributed by atoms with Gasteiger partial charge < -0.3 is 9.84 Å². The Kier molecular flexibility index (Phi) is 5.20. The lowest BCUT2D eigenvalue weighted by molar-refractivity contribution is 0.0736. The van der Waals surface area contributed by atoms with Crippen molar-refractivity contribution in [1.29, 1.82) is 0 Å². The number of aliphatic hydroxyl groups excluding tert-OH is 1. The normalized spacial score (nSPS) is 23.6. The number of hydrogen-bond donors (Lipinski definition) is 2. The fourth-order valence-electron chi connectivity index (χ4n) is 2.23. The van der Waals surface area contributed by atoms with Crippen LogP contribution >= 0.6 is 0 Å². The van der Waals surface area contributed by atoms with Crippen molar-refractivity contribution in [2.45, 2.75) is 19.1 Å². The first kappa shape index (κ1) is 16.2. The summed E-state index contributed by atoms with van der Waals surface area (Å²) in [6.45, 7) is 3.51. The first-order valence-corrected chi connectivity index (χ1v) is 8.58. The van der Waals surface area contributed by atoms with Gasteiger partial charge in [0, 0.05) is 33.2 Å². The Morgan fingerprint density at radius 1 is 1.52 bits per heavy atom. The Morgan fingerprint density at radius 3 is 2.90 bits per heavy atom. The van der Waals surface area contributed by atoms with E-state index >= 15 is 0 Å². The van der Waals surface area contributed by atoms with Crippen LogP contribution in [0.4, 0.5) is 0 Å². The molecule has 1 aromatic rings. The van der Waals surface area contributed by atoms with Crippen LogP contribution in [0.25, 0.3) is 0 Å². The van der Waals surface area contributed by atoms with Crippen molar-refractivity contribution in [3.63, 3.8) is 0 Å². The minimum Gasteiger partial charge on any atom is -0.483 e. The first-order valence-electron chi connectivity index (χ1n) is 6.92. The Labute approximate surface area is 124 Å². The molecule has 9 heteroatoms. The lowest BCUT2D eigenvalue weighted by Crippen LogP contribution is -2.35. The average Bonchev–Trinajstić information content (AvgIpc) is 2.97. The molecular formula is C12H22N4O4S. The molecule has 0 amide bonds. The quantitative estimate of drug-likeness (QED) is 0.654. The number of ether oxygens (including phenoxy) is 1. The fraction of sp³-hybridized carbons (Fsp3) is 0.750. The second kappa shape index (κ2) is 6.73. The standard InChI is InChI=1S/C12H22N4O4S/c1-3-21(18,19)14-4-5-16-8-11(17)12(9-16)20-10-6-13-15(2)7-10/h6-7,11-12,14,17H,3-5,8-9H2,1-2H3/t11-,12-/m1/s1. The SMILES string of the molecule is CCS(=O)(=O)NCCN1C[C@@H](O)[C@H](Oc2cnn(C)c2)C1. The van der Waals surface area contributed by atoms with Gasteiger partial charge in [-0.3, -0.25) is 9.58 Å². The third-order valence-electron chi connectivity index (χ3n) is 3.41. The van der Waals surface area contributed by atoms with Gasteiger partial charge in [0.1, 0.15) is 12.2 Å². The van der Waals surface area contributed by atoms with E-state index < -0.39 is 16.1 Å². The zero-order valence-corrected chi connectivity index (χ0v) is 13.1. The van der Waals surface area contributed by atoms with Crippen molar-refractivity contribution >= 4 is 10.0 Å². The van der Waals surface area contributed by atoms with E-state index in [1.54, 1.807) is 31.0 Å². The summed E-state index contributed by atoms with van der Waals surface area (Å²) in [7, 11) is -1.37. The van der Waals surface area contributed by atoms with Crippen LogP contribution in [-0.2, 0) is 17.1 Å². The molecule has 0 aliphatic carbocycles. The van der Waals surface area contributed by atoms with E-state index in [4.69, 9.17) is 4.74 Å². The van der Waals surface area contributed by atoms with Crippen LogP contribution in [0, 0.1) is 0 Å². The lowest BCUT2D eigenvalue weighted by atomic mass is 10.3. The smallest absolute Gasteiger partial charge is 0.211 e. The van der Waals surface area contributed by atoms with E-state index in [1.807, 2.05) is 4.90 Å². The zero-order chi connectivity index (χ0) is 15.5. The number of aliphatic hydroxyl groups is 1. The molecule has 120 valence electrons. The molecule has 2 atom stereocenters. The van der Waals surface area contributed by atoms with Gasteiger partial charge in [0.05, 0.1) is 18.1 Å². The molecule has 1 saturated heterocycles. The number of β-amino-alcohol motifs (C(OH)–C–C–N with tert-alkyl or cyclic N) is 1. The van der Waals surface area contributed by atoms with Crippen molar-refractivity contribution in [3.05, 3.63) is 12.4 Å². The number of nitrogens with zero attached hydrogens (tertiary/aromatic N) is 3. The van der Waals surface area contributed by atoms with E-state index in [2.05, 4.69) is 9.82 Å². The maximum atomic E-state index is 11.3. The summed E-state index contributed by atoms with van der Waals surface area (Å²) >= 11 is 0. The van der Waals surface area contributed by atoms with Crippen molar-refractivity contribution in [3.8, 4) is 5.75 Å². The highest BCUT2D eigenvalue weighted by molar-refractivity contribution is 7.89. The molecule has 21 heavy (non-hydrogen) atoms. The molecule has 0 radical (unpaired) electrons. The zero-order valence-electron chi connectivity index (χ0n) is 12.3. The Morgan fingerprint density at radius 2 is 2.29 bits per heavy atom. The van der Waals surface area contributed by atoms with Crippen molar-refractivity contribution in [1.82, 2.24) is 19.4 Å². The summed E-state index contributed by atoms with van der Waals surface area (Å²) in [6, 6.07) is 0. The highest BCUT2D eigenvalue weighted by Crippen LogP contribution is 2.17. The molecule has 1 aliphatic heterocycles. The van der Waals surface area contributed by atoms with E-state index in [0.29, 0.717) is 31.9 Å². The van der Waals surface area contributed by atoms with Gasteiger partial charge in [0.25, 0.3) is 0 Å². The van der Waals surface area contributed by atoms with E-state index in [0.717, 1.165) is 0 Å². The monoisotopic (exact) mass is 318 g/mol. The largest absolute Gasteiger partial charge is 0.483 e. The summed E-state index contributed by atoms with van der Waals surface area (Å²) in [5.41, 5.74) is 0. The Balaban J connectivity index is 1.78. The summed E-state index contributed by atoms with van der Waals surface area (Å²) < 4.78 is 32.5. The minimum absolute atomic E-state index is 0.0718. The molecule has 1 fully saturated rings. The van der Waals surface area contributed by atoms with Crippen molar-refractivity contribution in [2.75, 3.05) is 31.9 Å². The van der Waals surface area contributed by atoms with Crippen LogP contribution < -0.4 is 9.46 Å². The molecule has 0 bridgehead atoms. The van der Waals surface area contributed by atoms with Crippen LogP contribution in [0.3, 0.4) is 0 Å². The van der Waals surface area contributed by atoms with Crippen molar-refractivity contribution < 1.29 is 18.3 Å². The topological polar surface area (TPSA) is 96.7 Å². The minimum atomic E-state index is -3.17. The van der Waals surface area contributed by atoms with Crippen LogP contribution in [0.15, 0.2) is 12.4 Å². The highest BCUT2D eigenvalue weighted by Gasteiger charge is 2.33. The molecule has 1 aliphatic rings. The third-order valence-corrected chi connectivity index (χ3v) is 4.82. The number of hydrogen-bond acceptors (Lipinski definition) is 6. The Hall–Kier alpha value is -1.16. The summed E-state index contributed by atoms with van der Waals surface area (Å²) in [5.74, 6) is 0.692. The van der Waals surface area contributed by atoms with Gasteiger partial charge in [-0.15, -0.1) is 0 Å². The van der Waals surface area contributed by atoms with E-state index in [1.165, 1.54) is 0 Å². The predicted octanol–water partition coefficient (Wildman–Crippen LogP) is -1.22. The van der Waals surface area contributed by atoms with Gasteiger partial charge in [-0.25, -0.2) is 13.1 Å². The van der Waals surface area contributed by atoms with Gasteiger partial charge >= 0.3 is 0 Å². The second-order valence-corrected chi connectivity index (χ2v) is 7.23.